The average Bonchev–Trinajstić information content (AvgIpc) is 0.931. The SMILES string of the molecule is CC(=O)N1CCCN(c2nc(-c3ccc(N(C(=O)Nc4ccc(C(=O)N5CCNCC5)cc4)N(C(=O)Nc4ccc(C(=O)N5CCN(C(C)C)CC5)cc4)c4ccc(-c5nc(N6CCOCC6)nc(N6CCCN(C(C)=O)CC6)n5)cc4)cc3)nc(N3CCOCC3)n2)CC1. The maximum Gasteiger partial charge on any atom is 0.345 e. The number of carbonyl (C=O) groups is 6. The summed E-state index contributed by atoms with van der Waals surface area (Å²) in [5.41, 5.74) is 3.34. The lowest BCUT2D eigenvalue weighted by atomic mass is 10.1. The van der Waals surface area contributed by atoms with Gasteiger partial charge in [0, 0.05) is 184 Å². The fourth-order valence-corrected chi connectivity index (χ4v) is 12.5. The molecule has 500 valence electrons. The van der Waals surface area contributed by atoms with Crippen LogP contribution < -0.4 is 45.6 Å². The van der Waals surface area contributed by atoms with Crippen molar-refractivity contribution in [2.75, 3.05) is 198 Å². The summed E-state index contributed by atoms with van der Waals surface area (Å²) < 4.78 is 11.4. The van der Waals surface area contributed by atoms with Gasteiger partial charge in [-0.25, -0.2) is 9.59 Å². The Balaban J connectivity index is 0.925. The first-order chi connectivity index (χ1) is 46.2. The lowest BCUT2D eigenvalue weighted by molar-refractivity contribution is -0.129. The zero-order chi connectivity index (χ0) is 66.0. The van der Waals surface area contributed by atoms with Gasteiger partial charge in [0.25, 0.3) is 11.8 Å². The van der Waals surface area contributed by atoms with Crippen molar-refractivity contribution in [2.24, 2.45) is 0 Å². The molecule has 6 saturated heterocycles. The van der Waals surface area contributed by atoms with Crippen molar-refractivity contribution in [3.63, 3.8) is 0 Å². The van der Waals surface area contributed by atoms with E-state index in [1.807, 2.05) is 14.7 Å². The number of piperazine rings is 2. The van der Waals surface area contributed by atoms with Gasteiger partial charge in [0.1, 0.15) is 0 Å². The van der Waals surface area contributed by atoms with Crippen LogP contribution in [0.25, 0.3) is 22.8 Å². The largest absolute Gasteiger partial charge is 0.378 e. The highest BCUT2D eigenvalue weighted by atomic mass is 16.5. The van der Waals surface area contributed by atoms with E-state index < -0.39 is 12.1 Å². The summed E-state index contributed by atoms with van der Waals surface area (Å²) in [5, 5.41) is 11.8. The van der Waals surface area contributed by atoms with Crippen molar-refractivity contribution >= 4 is 82.2 Å². The molecule has 0 bridgehead atoms. The van der Waals surface area contributed by atoms with Crippen LogP contribution in [0.4, 0.5) is 56.1 Å². The second-order valence-corrected chi connectivity index (χ2v) is 24.6. The molecule has 0 radical (unpaired) electrons. The molecule has 0 aliphatic carbocycles. The number of hydrogen-bond donors (Lipinski definition) is 3. The molecule has 6 aliphatic heterocycles. The quantitative estimate of drug-likeness (QED) is 0.127. The molecule has 95 heavy (non-hydrogen) atoms. The number of ether oxygens (including phenoxy) is 2. The summed E-state index contributed by atoms with van der Waals surface area (Å²) in [6, 6.07) is 26.3. The topological polar surface area (TPSA) is 270 Å². The number of nitrogens with one attached hydrogen (secondary N) is 3. The summed E-state index contributed by atoms with van der Waals surface area (Å²) in [6.07, 6.45) is 1.45. The van der Waals surface area contributed by atoms with E-state index in [0.717, 1.165) is 25.9 Å². The second-order valence-electron chi connectivity index (χ2n) is 24.6. The van der Waals surface area contributed by atoms with Gasteiger partial charge in [-0.2, -0.15) is 39.9 Å². The molecule has 6 aromatic rings. The first-order valence-electron chi connectivity index (χ1n) is 33.0. The van der Waals surface area contributed by atoms with Gasteiger partial charge in [-0.1, -0.05) is 0 Å². The van der Waals surface area contributed by atoms with E-state index >= 15 is 9.59 Å². The maximum atomic E-state index is 15.7. The van der Waals surface area contributed by atoms with E-state index in [0.29, 0.717) is 219 Å². The first kappa shape index (κ1) is 65.4. The third kappa shape index (κ3) is 15.8. The van der Waals surface area contributed by atoms with Gasteiger partial charge in [0.05, 0.1) is 37.8 Å². The summed E-state index contributed by atoms with van der Waals surface area (Å²) in [7, 11) is 0. The summed E-state index contributed by atoms with van der Waals surface area (Å²) in [5.74, 6) is 2.43. The number of nitrogens with zero attached hydrogens (tertiary/aromatic N) is 17. The number of hydrogen-bond acceptors (Lipinski definition) is 20. The number of urea groups is 2. The van der Waals surface area contributed by atoms with E-state index in [1.165, 1.54) is 10.0 Å². The minimum atomic E-state index is -0.743. The van der Waals surface area contributed by atoms with Gasteiger partial charge >= 0.3 is 12.1 Å². The molecule has 0 atom stereocenters. The average molecular weight is 1300 g/mol. The van der Waals surface area contributed by atoms with Crippen molar-refractivity contribution in [3.8, 4) is 22.8 Å². The molecule has 28 heteroatoms. The smallest absolute Gasteiger partial charge is 0.345 e. The molecule has 8 heterocycles. The van der Waals surface area contributed by atoms with E-state index in [-0.39, 0.29) is 35.0 Å². The zero-order valence-electron chi connectivity index (χ0n) is 54.6. The Morgan fingerprint density at radius 1 is 0.411 bits per heavy atom. The normalized spacial score (nSPS) is 17.7. The number of morpholine rings is 2. The fourth-order valence-electron chi connectivity index (χ4n) is 12.5. The molecule has 2 aromatic heterocycles. The second kappa shape index (κ2) is 30.2. The maximum absolute atomic E-state index is 15.7. The molecule has 0 saturated carbocycles. The fraction of sp³-hybridized carbons (Fsp3) is 0.463. The molecule has 0 unspecified atom stereocenters. The van der Waals surface area contributed by atoms with Gasteiger partial charge in [0.15, 0.2) is 11.6 Å². The van der Waals surface area contributed by atoms with E-state index in [1.54, 1.807) is 116 Å². The van der Waals surface area contributed by atoms with Crippen molar-refractivity contribution in [1.29, 1.82) is 0 Å². The predicted octanol–water partition coefficient (Wildman–Crippen LogP) is 5.08. The summed E-state index contributed by atoms with van der Waals surface area (Å²) >= 11 is 0. The van der Waals surface area contributed by atoms with Crippen molar-refractivity contribution in [2.45, 2.75) is 46.6 Å². The van der Waals surface area contributed by atoms with E-state index in [9.17, 15) is 19.2 Å². The number of rotatable bonds is 13. The van der Waals surface area contributed by atoms with E-state index in [4.69, 9.17) is 39.4 Å². The monoisotopic (exact) mass is 1300 g/mol. The van der Waals surface area contributed by atoms with Gasteiger partial charge in [-0.3, -0.25) is 24.1 Å². The highest BCUT2D eigenvalue weighted by Crippen LogP contribution is 2.32. The minimum Gasteiger partial charge on any atom is -0.378 e. The van der Waals surface area contributed by atoms with Crippen LogP contribution in [0.15, 0.2) is 97.1 Å². The summed E-state index contributed by atoms with van der Waals surface area (Å²) in [6.45, 7) is 21.6. The number of benzene rings is 4. The van der Waals surface area contributed by atoms with Crippen LogP contribution in [0, 0.1) is 0 Å². The molecule has 6 aliphatic rings. The minimum absolute atomic E-state index is 0.0119. The molecule has 3 N–H and O–H groups in total. The Hall–Kier alpha value is -9.64. The Bertz CT molecular complexity index is 3670. The number of hydrazine groups is 1. The van der Waals surface area contributed by atoms with Crippen LogP contribution >= 0.6 is 0 Å². The Kier molecular flexibility index (Phi) is 20.8. The van der Waals surface area contributed by atoms with Crippen LogP contribution in [-0.4, -0.2) is 253 Å². The number of amides is 8. The van der Waals surface area contributed by atoms with Crippen LogP contribution in [0.1, 0.15) is 61.3 Å². The molecular weight excluding hydrogens is 1210 g/mol. The van der Waals surface area contributed by atoms with Crippen LogP contribution in [0.2, 0.25) is 0 Å². The van der Waals surface area contributed by atoms with E-state index in [2.05, 4.69) is 54.3 Å². The predicted molar refractivity (Wildman–Crippen MR) is 362 cm³/mol. The molecule has 6 fully saturated rings. The van der Waals surface area contributed by atoms with Crippen LogP contribution in [0.5, 0.6) is 0 Å². The highest BCUT2D eigenvalue weighted by molar-refractivity contribution is 6.13. The lowest BCUT2D eigenvalue weighted by Crippen LogP contribution is -2.54. The van der Waals surface area contributed by atoms with Crippen molar-refractivity contribution in [3.05, 3.63) is 108 Å². The van der Waals surface area contributed by atoms with Crippen molar-refractivity contribution in [1.82, 2.24) is 59.7 Å². The number of aromatic nitrogens is 6. The Morgan fingerprint density at radius 2 is 0.768 bits per heavy atom. The van der Waals surface area contributed by atoms with Gasteiger partial charge < -0.3 is 64.6 Å². The zero-order valence-corrected chi connectivity index (χ0v) is 54.6. The Labute approximate surface area is 553 Å². The first-order valence-corrected chi connectivity index (χ1v) is 33.0. The van der Waals surface area contributed by atoms with Gasteiger partial charge in [-0.15, -0.1) is 0 Å². The van der Waals surface area contributed by atoms with Crippen molar-refractivity contribution < 1.29 is 38.2 Å². The number of anilines is 8. The van der Waals surface area contributed by atoms with Gasteiger partial charge in [0.2, 0.25) is 35.6 Å². The van der Waals surface area contributed by atoms with Gasteiger partial charge in [-0.05, 0) is 124 Å². The Morgan fingerprint density at radius 3 is 1.14 bits per heavy atom. The standard InChI is InChI=1S/C67H84N20O8/c1-47(2)77-31-35-81(36-32-77)61(91)53-9-17-55(18-10-53)70-67(93)87(57-21-13-51(14-22-57)59-72-63(76-65(74-59)85-41-45-95-46-42-85)83-28-6-26-79(34-38-83)49(4)89)86(66(92)69-54-15-7-52(8-16-54)60(90)80-29-23-68-24-30-80)56-19-11-50(12-20-56)58-71-62(75-64(73-58)84-39-43-94-44-40-84)82-27-5-25-78(33-37-82)48(3)88/h7-22,47,68H,5-6,23-46H2,1-4H3,(H,69,92)(H,70,93). The molecular formula is C67H84N20O8. The number of carbonyl (C=O) groups excluding carboxylic acids is 6. The molecule has 4 aromatic carbocycles. The molecule has 28 nitrogen and oxygen atoms in total. The summed E-state index contributed by atoms with van der Waals surface area (Å²) in [4.78, 5) is 132. The third-order valence-corrected chi connectivity index (χ3v) is 18.1. The molecule has 0 spiro atoms. The lowest BCUT2D eigenvalue weighted by Gasteiger charge is -2.37. The van der Waals surface area contributed by atoms with Crippen LogP contribution in [-0.2, 0) is 19.1 Å². The molecule has 8 amide bonds. The van der Waals surface area contributed by atoms with Crippen LogP contribution in [0.3, 0.4) is 0 Å². The third-order valence-electron chi connectivity index (χ3n) is 18.1. The molecule has 12 rings (SSSR count). The highest BCUT2D eigenvalue weighted by Gasteiger charge is 2.33.